The molecule has 1 atom stereocenters. The third-order valence-corrected chi connectivity index (χ3v) is 10.8. The number of benzene rings is 2. The van der Waals surface area contributed by atoms with Crippen molar-refractivity contribution in [2.24, 2.45) is 17.6 Å². The van der Waals surface area contributed by atoms with Crippen LogP contribution in [0.15, 0.2) is 47.4 Å². The van der Waals surface area contributed by atoms with Gasteiger partial charge in [-0.05, 0) is 86.1 Å². The second-order valence-electron chi connectivity index (χ2n) is 10.5. The van der Waals surface area contributed by atoms with Crippen molar-refractivity contribution in [1.82, 2.24) is 9.62 Å². The minimum absolute atomic E-state index is 0.176. The van der Waals surface area contributed by atoms with Gasteiger partial charge in [-0.1, -0.05) is 26.3 Å². The lowest BCUT2D eigenvalue weighted by atomic mass is 9.85. The molecule has 1 amide bonds. The van der Waals surface area contributed by atoms with E-state index < -0.39 is 26.0 Å². The summed E-state index contributed by atoms with van der Waals surface area (Å²) in [5.74, 6) is 0.622. The molecule has 2 aromatic carbocycles. The minimum atomic E-state index is -3.64. The van der Waals surface area contributed by atoms with Crippen LogP contribution in [0.1, 0.15) is 55.5 Å². The van der Waals surface area contributed by atoms with Gasteiger partial charge in [0.2, 0.25) is 20.0 Å². The van der Waals surface area contributed by atoms with Crippen LogP contribution in [-0.2, 0) is 26.6 Å². The van der Waals surface area contributed by atoms with E-state index in [-0.39, 0.29) is 16.1 Å². The Hall–Kier alpha value is -2.51. The van der Waals surface area contributed by atoms with Gasteiger partial charge < -0.3 is 16.4 Å². The standard InChI is InChI=1S/C28H43N5O5S2/c1-5-21(2)23-13-17-33(18-14-23)40(37,38)25-10-8-24(9-11-25)31-28(34)26-19-22(20-30-16-6-15-29)7-12-27(26)32(3)39(4,35)36/h7-12,19,21,23,30H,5-6,13-18,20,29H2,1-4H3,(H,31,34). The molecule has 1 saturated heterocycles. The Balaban J connectivity index is 1.76. The number of hydrogen-bond donors (Lipinski definition) is 3. The molecule has 1 aliphatic heterocycles. The van der Waals surface area contributed by atoms with Crippen LogP contribution in [0.2, 0.25) is 0 Å². The maximum Gasteiger partial charge on any atom is 0.257 e. The SMILES string of the molecule is CCC(C)C1CCN(S(=O)(=O)c2ccc(NC(=O)c3cc(CNCCCN)ccc3N(C)S(C)(=O)=O)cc2)CC1. The molecule has 0 saturated carbocycles. The predicted octanol–water partition coefficient (Wildman–Crippen LogP) is 3.22. The molecule has 40 heavy (non-hydrogen) atoms. The van der Waals surface area contributed by atoms with Gasteiger partial charge in [-0.25, -0.2) is 16.8 Å². The average Bonchev–Trinajstić information content (AvgIpc) is 2.94. The van der Waals surface area contributed by atoms with Gasteiger partial charge in [-0.15, -0.1) is 0 Å². The second kappa shape index (κ2) is 13.9. The molecule has 1 fully saturated rings. The van der Waals surface area contributed by atoms with E-state index in [2.05, 4.69) is 24.5 Å². The number of piperidine rings is 1. The third-order valence-electron chi connectivity index (χ3n) is 7.73. The molecule has 0 aromatic heterocycles. The summed E-state index contributed by atoms with van der Waals surface area (Å²) < 4.78 is 53.5. The zero-order valence-corrected chi connectivity index (χ0v) is 25.5. The molecule has 1 heterocycles. The number of amides is 1. The van der Waals surface area contributed by atoms with Crippen molar-refractivity contribution in [3.8, 4) is 0 Å². The molecule has 0 radical (unpaired) electrons. The van der Waals surface area contributed by atoms with E-state index in [1.54, 1.807) is 34.6 Å². The van der Waals surface area contributed by atoms with Crippen LogP contribution in [0.3, 0.4) is 0 Å². The van der Waals surface area contributed by atoms with Crippen molar-refractivity contribution in [3.05, 3.63) is 53.6 Å². The fourth-order valence-corrected chi connectivity index (χ4v) is 6.85. The zero-order chi connectivity index (χ0) is 29.5. The van der Waals surface area contributed by atoms with Gasteiger partial charge >= 0.3 is 0 Å². The highest BCUT2D eigenvalue weighted by Gasteiger charge is 2.31. The molecule has 1 unspecified atom stereocenters. The summed E-state index contributed by atoms with van der Waals surface area (Å²) in [6.07, 6.45) is 4.68. The van der Waals surface area contributed by atoms with Crippen molar-refractivity contribution in [2.75, 3.05) is 49.1 Å². The van der Waals surface area contributed by atoms with Crippen LogP contribution < -0.4 is 20.7 Å². The minimum Gasteiger partial charge on any atom is -0.330 e. The van der Waals surface area contributed by atoms with Crippen LogP contribution in [0, 0.1) is 11.8 Å². The van der Waals surface area contributed by atoms with Crippen LogP contribution in [-0.4, -0.2) is 66.5 Å². The average molecular weight is 594 g/mol. The molecule has 2 aromatic rings. The lowest BCUT2D eigenvalue weighted by molar-refractivity contribution is 0.102. The van der Waals surface area contributed by atoms with Crippen LogP contribution in [0.25, 0.3) is 0 Å². The van der Waals surface area contributed by atoms with Crippen molar-refractivity contribution in [2.45, 2.75) is 51.0 Å². The van der Waals surface area contributed by atoms with E-state index in [1.165, 1.54) is 19.2 Å². The number of nitrogens with two attached hydrogens (primary N) is 1. The number of sulfonamides is 2. The maximum atomic E-state index is 13.3. The normalized spacial score (nSPS) is 16.0. The largest absolute Gasteiger partial charge is 0.330 e. The lowest BCUT2D eigenvalue weighted by Crippen LogP contribution is -2.39. The van der Waals surface area contributed by atoms with Crippen molar-refractivity contribution in [3.63, 3.8) is 0 Å². The summed E-state index contributed by atoms with van der Waals surface area (Å²) >= 11 is 0. The summed E-state index contributed by atoms with van der Waals surface area (Å²) in [7, 11) is -5.85. The van der Waals surface area contributed by atoms with E-state index in [4.69, 9.17) is 5.73 Å². The second-order valence-corrected chi connectivity index (χ2v) is 14.5. The van der Waals surface area contributed by atoms with Gasteiger partial charge in [0.25, 0.3) is 5.91 Å². The van der Waals surface area contributed by atoms with Crippen LogP contribution >= 0.6 is 0 Å². The van der Waals surface area contributed by atoms with Crippen molar-refractivity contribution < 1.29 is 21.6 Å². The van der Waals surface area contributed by atoms with Crippen molar-refractivity contribution >= 4 is 37.3 Å². The van der Waals surface area contributed by atoms with E-state index in [0.29, 0.717) is 50.2 Å². The first-order chi connectivity index (χ1) is 18.9. The third kappa shape index (κ3) is 8.03. The maximum absolute atomic E-state index is 13.3. The van der Waals surface area contributed by atoms with Gasteiger partial charge in [0.05, 0.1) is 22.4 Å². The first-order valence-electron chi connectivity index (χ1n) is 13.8. The molecule has 10 nitrogen and oxygen atoms in total. The Morgan fingerprint density at radius 2 is 1.75 bits per heavy atom. The van der Waals surface area contributed by atoms with E-state index in [0.717, 1.165) is 41.8 Å². The van der Waals surface area contributed by atoms with Gasteiger partial charge in [0, 0.05) is 32.4 Å². The highest BCUT2D eigenvalue weighted by Crippen LogP contribution is 2.30. The van der Waals surface area contributed by atoms with E-state index >= 15 is 0 Å². The molecule has 0 aliphatic carbocycles. The number of nitrogens with zero attached hydrogens (tertiary/aromatic N) is 2. The number of carbonyl (C=O) groups is 1. The summed E-state index contributed by atoms with van der Waals surface area (Å²) in [5, 5.41) is 6.04. The number of nitrogens with one attached hydrogen (secondary N) is 2. The lowest BCUT2D eigenvalue weighted by Gasteiger charge is -2.34. The Bertz CT molecular complexity index is 1360. The van der Waals surface area contributed by atoms with E-state index in [9.17, 15) is 21.6 Å². The molecule has 1 aliphatic rings. The predicted molar refractivity (Wildman–Crippen MR) is 160 cm³/mol. The number of hydrogen-bond acceptors (Lipinski definition) is 7. The van der Waals surface area contributed by atoms with E-state index in [1.807, 2.05) is 0 Å². The Labute approximate surface area is 239 Å². The van der Waals surface area contributed by atoms with Crippen LogP contribution in [0.5, 0.6) is 0 Å². The topological polar surface area (TPSA) is 142 Å². The Morgan fingerprint density at radius 1 is 1.10 bits per heavy atom. The Kier molecular flexibility index (Phi) is 11.1. The molecule has 0 spiro atoms. The molecular formula is C28H43N5O5S2. The molecule has 12 heteroatoms. The zero-order valence-electron chi connectivity index (χ0n) is 23.9. The summed E-state index contributed by atoms with van der Waals surface area (Å²) in [6.45, 7) is 7.17. The highest BCUT2D eigenvalue weighted by atomic mass is 32.2. The first kappa shape index (κ1) is 32.0. The number of anilines is 2. The van der Waals surface area contributed by atoms with Gasteiger partial charge in [-0.2, -0.15) is 4.31 Å². The smallest absolute Gasteiger partial charge is 0.257 e. The summed E-state index contributed by atoms with van der Waals surface area (Å²) in [6, 6.07) is 11.1. The monoisotopic (exact) mass is 593 g/mol. The van der Waals surface area contributed by atoms with Crippen molar-refractivity contribution in [1.29, 1.82) is 0 Å². The van der Waals surface area contributed by atoms with Gasteiger partial charge in [-0.3, -0.25) is 9.10 Å². The summed E-state index contributed by atoms with van der Waals surface area (Å²) in [5.41, 5.74) is 7.18. The summed E-state index contributed by atoms with van der Waals surface area (Å²) in [4.78, 5) is 13.5. The number of rotatable bonds is 13. The van der Waals surface area contributed by atoms with Crippen LogP contribution in [0.4, 0.5) is 11.4 Å². The molecule has 0 bridgehead atoms. The fourth-order valence-electron chi connectivity index (χ4n) is 4.86. The quantitative estimate of drug-likeness (QED) is 0.303. The van der Waals surface area contributed by atoms with Gasteiger partial charge in [0.15, 0.2) is 0 Å². The Morgan fingerprint density at radius 3 is 2.33 bits per heavy atom. The molecule has 3 rings (SSSR count). The first-order valence-corrected chi connectivity index (χ1v) is 17.1. The number of carbonyl (C=O) groups excluding carboxylic acids is 1. The molecular weight excluding hydrogens is 550 g/mol. The molecule has 222 valence electrons. The fraction of sp³-hybridized carbons (Fsp3) is 0.536. The molecule has 4 N–H and O–H groups in total. The highest BCUT2D eigenvalue weighted by molar-refractivity contribution is 7.92. The van der Waals surface area contributed by atoms with Gasteiger partial charge in [0.1, 0.15) is 0 Å².